The summed E-state index contributed by atoms with van der Waals surface area (Å²) in [5.41, 5.74) is -0.555. The molecule has 122 valence electrons. The van der Waals surface area contributed by atoms with Crippen LogP contribution in [0.25, 0.3) is 11.0 Å². The van der Waals surface area contributed by atoms with Gasteiger partial charge in [-0.1, -0.05) is 12.8 Å². The minimum atomic E-state index is -1.12. The molecule has 0 amide bonds. The molecule has 5 heteroatoms. The van der Waals surface area contributed by atoms with E-state index in [-0.39, 0.29) is 0 Å². The van der Waals surface area contributed by atoms with Crippen LogP contribution >= 0.6 is 0 Å². The Morgan fingerprint density at radius 3 is 2.43 bits per heavy atom. The second kappa shape index (κ2) is 5.35. The molecule has 4 rings (SSSR count). The van der Waals surface area contributed by atoms with Crippen LogP contribution in [0.3, 0.4) is 0 Å². The molecule has 1 fully saturated rings. The molecule has 5 nitrogen and oxygen atoms in total. The Morgan fingerprint density at radius 1 is 1.00 bits per heavy atom. The molecule has 2 heterocycles. The Morgan fingerprint density at radius 2 is 1.70 bits per heavy atom. The number of aliphatic hydroxyl groups is 2. The highest BCUT2D eigenvalue weighted by Gasteiger charge is 2.49. The molecule has 1 aliphatic heterocycles. The molecule has 1 spiro atoms. The fourth-order valence-corrected chi connectivity index (χ4v) is 3.95. The summed E-state index contributed by atoms with van der Waals surface area (Å²) in [4.78, 5) is 11.5. The quantitative estimate of drug-likeness (QED) is 0.730. The summed E-state index contributed by atoms with van der Waals surface area (Å²) in [6.45, 7) is 0. The van der Waals surface area contributed by atoms with E-state index < -0.39 is 23.4 Å². The number of hydrogen-bond donors (Lipinski definition) is 2. The van der Waals surface area contributed by atoms with E-state index in [1.54, 1.807) is 12.1 Å². The normalized spacial score (nSPS) is 26.5. The van der Waals surface area contributed by atoms with Crippen LogP contribution in [0.1, 0.15) is 50.2 Å². The summed E-state index contributed by atoms with van der Waals surface area (Å²) in [6.07, 6.45) is 3.49. The van der Waals surface area contributed by atoms with E-state index in [4.69, 9.17) is 9.15 Å². The zero-order valence-electron chi connectivity index (χ0n) is 12.8. The van der Waals surface area contributed by atoms with E-state index in [2.05, 4.69) is 0 Å². The van der Waals surface area contributed by atoms with Gasteiger partial charge < -0.3 is 19.4 Å². The summed E-state index contributed by atoms with van der Waals surface area (Å²) >= 11 is 0. The SMILES string of the molecule is O=c1ccc2ccc3c(c2o1)[C@H](O)[C@H](O)C1(CCCCCC1)O3. The molecule has 1 aromatic heterocycles. The van der Waals surface area contributed by atoms with Crippen LogP contribution in [0.2, 0.25) is 0 Å². The van der Waals surface area contributed by atoms with Gasteiger partial charge in [-0.3, -0.25) is 0 Å². The maximum atomic E-state index is 11.5. The summed E-state index contributed by atoms with van der Waals surface area (Å²) < 4.78 is 11.5. The van der Waals surface area contributed by atoms with Crippen molar-refractivity contribution in [3.63, 3.8) is 0 Å². The fraction of sp³-hybridized carbons (Fsp3) is 0.500. The fourth-order valence-electron chi connectivity index (χ4n) is 3.95. The minimum absolute atomic E-state index is 0.296. The average Bonchev–Trinajstić information content (AvgIpc) is 2.78. The highest BCUT2D eigenvalue weighted by Crippen LogP contribution is 2.47. The van der Waals surface area contributed by atoms with Gasteiger partial charge in [-0.2, -0.15) is 0 Å². The van der Waals surface area contributed by atoms with E-state index in [1.165, 1.54) is 6.07 Å². The Bertz CT molecular complexity index is 786. The lowest BCUT2D eigenvalue weighted by molar-refractivity contribution is -0.135. The largest absolute Gasteiger partial charge is 0.484 e. The van der Waals surface area contributed by atoms with Crippen molar-refractivity contribution in [2.75, 3.05) is 0 Å². The van der Waals surface area contributed by atoms with Crippen molar-refractivity contribution in [2.45, 2.75) is 56.3 Å². The maximum absolute atomic E-state index is 11.5. The van der Waals surface area contributed by atoms with Crippen molar-refractivity contribution in [2.24, 2.45) is 0 Å². The Kier molecular flexibility index (Phi) is 3.43. The Hall–Kier alpha value is -1.85. The summed E-state index contributed by atoms with van der Waals surface area (Å²) in [5.74, 6) is 0.506. The molecular formula is C18H20O5. The van der Waals surface area contributed by atoms with E-state index in [0.717, 1.165) is 38.5 Å². The van der Waals surface area contributed by atoms with E-state index in [0.29, 0.717) is 22.3 Å². The van der Waals surface area contributed by atoms with Crippen LogP contribution in [0, 0.1) is 0 Å². The van der Waals surface area contributed by atoms with Crippen LogP contribution in [-0.2, 0) is 0 Å². The van der Waals surface area contributed by atoms with Gasteiger partial charge in [0.15, 0.2) is 0 Å². The molecule has 0 unspecified atom stereocenters. The van der Waals surface area contributed by atoms with Gasteiger partial charge in [0, 0.05) is 11.5 Å². The molecule has 2 atom stereocenters. The zero-order chi connectivity index (χ0) is 16.0. The van der Waals surface area contributed by atoms with Gasteiger partial charge in [-0.25, -0.2) is 4.79 Å². The molecule has 1 aromatic carbocycles. The summed E-state index contributed by atoms with van der Waals surface area (Å²) in [6, 6.07) is 6.59. The molecule has 2 aliphatic rings. The van der Waals surface area contributed by atoms with Gasteiger partial charge in [-0.15, -0.1) is 0 Å². The molecule has 1 saturated carbocycles. The third-order valence-corrected chi connectivity index (χ3v) is 5.19. The van der Waals surface area contributed by atoms with Gasteiger partial charge in [0.05, 0.1) is 5.56 Å². The number of rotatable bonds is 0. The van der Waals surface area contributed by atoms with Gasteiger partial charge in [0.1, 0.15) is 29.1 Å². The molecule has 1 aliphatic carbocycles. The third kappa shape index (κ3) is 2.26. The van der Waals surface area contributed by atoms with Gasteiger partial charge in [-0.05, 0) is 43.9 Å². The van der Waals surface area contributed by atoms with Crippen molar-refractivity contribution in [1.82, 2.24) is 0 Å². The van der Waals surface area contributed by atoms with Crippen LogP contribution < -0.4 is 10.4 Å². The lowest BCUT2D eigenvalue weighted by Crippen LogP contribution is -2.53. The van der Waals surface area contributed by atoms with Gasteiger partial charge in [0.2, 0.25) is 0 Å². The first-order valence-electron chi connectivity index (χ1n) is 8.23. The molecule has 0 bridgehead atoms. The van der Waals surface area contributed by atoms with Crippen LogP contribution in [-0.4, -0.2) is 21.9 Å². The average molecular weight is 316 g/mol. The lowest BCUT2D eigenvalue weighted by Gasteiger charge is -2.44. The topological polar surface area (TPSA) is 79.9 Å². The third-order valence-electron chi connectivity index (χ3n) is 5.19. The van der Waals surface area contributed by atoms with Crippen molar-refractivity contribution in [3.05, 3.63) is 40.2 Å². The predicted molar refractivity (Wildman–Crippen MR) is 84.5 cm³/mol. The van der Waals surface area contributed by atoms with Crippen LogP contribution in [0.15, 0.2) is 33.5 Å². The first-order chi connectivity index (χ1) is 11.1. The molecule has 23 heavy (non-hydrogen) atoms. The predicted octanol–water partition coefficient (Wildman–Crippen LogP) is 2.67. The zero-order valence-corrected chi connectivity index (χ0v) is 12.8. The van der Waals surface area contributed by atoms with Gasteiger partial charge in [0.25, 0.3) is 0 Å². The lowest BCUT2D eigenvalue weighted by atomic mass is 9.80. The second-order valence-electron chi connectivity index (χ2n) is 6.62. The van der Waals surface area contributed by atoms with E-state index in [9.17, 15) is 15.0 Å². The van der Waals surface area contributed by atoms with E-state index >= 15 is 0 Å². The van der Waals surface area contributed by atoms with Crippen molar-refractivity contribution < 1.29 is 19.4 Å². The Balaban J connectivity index is 1.88. The number of aliphatic hydroxyl groups excluding tert-OH is 2. The van der Waals surface area contributed by atoms with Gasteiger partial charge >= 0.3 is 5.63 Å². The molecule has 0 radical (unpaired) electrons. The number of benzene rings is 1. The van der Waals surface area contributed by atoms with E-state index in [1.807, 2.05) is 6.07 Å². The summed E-state index contributed by atoms with van der Waals surface area (Å²) in [7, 11) is 0. The molecule has 2 N–H and O–H groups in total. The smallest absolute Gasteiger partial charge is 0.336 e. The monoisotopic (exact) mass is 316 g/mol. The number of hydrogen-bond acceptors (Lipinski definition) is 5. The standard InChI is InChI=1S/C18H20O5/c19-13-8-6-11-5-7-12-14(16(11)22-13)15(20)17(21)18(23-12)9-3-1-2-4-10-18/h5-8,15,17,20-21H,1-4,9-10H2/t15-,17-/m0/s1. The minimum Gasteiger partial charge on any atom is -0.484 e. The molecule has 2 aromatic rings. The molecular weight excluding hydrogens is 296 g/mol. The maximum Gasteiger partial charge on any atom is 0.336 e. The highest BCUT2D eigenvalue weighted by molar-refractivity contribution is 5.83. The summed E-state index contributed by atoms with van der Waals surface area (Å²) in [5, 5.41) is 22.2. The number of ether oxygens (including phenoxy) is 1. The molecule has 0 saturated heterocycles. The Labute approximate surface area is 133 Å². The van der Waals surface area contributed by atoms with Crippen molar-refractivity contribution >= 4 is 11.0 Å². The number of fused-ring (bicyclic) bond motifs is 3. The van der Waals surface area contributed by atoms with Crippen LogP contribution in [0.5, 0.6) is 5.75 Å². The highest BCUT2D eigenvalue weighted by atomic mass is 16.5. The first-order valence-corrected chi connectivity index (χ1v) is 8.23. The van der Waals surface area contributed by atoms with Crippen molar-refractivity contribution in [1.29, 1.82) is 0 Å². The van der Waals surface area contributed by atoms with Crippen molar-refractivity contribution in [3.8, 4) is 5.75 Å². The van der Waals surface area contributed by atoms with Crippen LogP contribution in [0.4, 0.5) is 0 Å². The second-order valence-corrected chi connectivity index (χ2v) is 6.62. The first kappa shape index (κ1) is 14.7.